The SMILES string of the molecule is CC1CCN(C(=O)c2ccc(-c3cc(N4CCCCC4)ncn3)cc2)CC1. The Hall–Kier alpha value is -2.43. The van der Waals surface area contributed by atoms with Crippen LogP contribution in [-0.2, 0) is 0 Å². The van der Waals surface area contributed by atoms with Gasteiger partial charge in [-0.3, -0.25) is 4.79 Å². The predicted octanol–water partition coefficient (Wildman–Crippen LogP) is 4.01. The highest BCUT2D eigenvalue weighted by Gasteiger charge is 2.21. The monoisotopic (exact) mass is 364 g/mol. The summed E-state index contributed by atoms with van der Waals surface area (Å²) in [4.78, 5) is 25.9. The van der Waals surface area contributed by atoms with E-state index in [0.29, 0.717) is 0 Å². The molecule has 0 N–H and O–H groups in total. The van der Waals surface area contributed by atoms with Crippen molar-refractivity contribution in [2.75, 3.05) is 31.1 Å². The van der Waals surface area contributed by atoms with Gasteiger partial charge in [0, 0.05) is 43.4 Å². The zero-order valence-corrected chi connectivity index (χ0v) is 16.1. The third-order valence-electron chi connectivity index (χ3n) is 5.83. The molecular formula is C22H28N4O. The number of piperidine rings is 2. The van der Waals surface area contributed by atoms with E-state index >= 15 is 0 Å². The molecule has 0 atom stereocenters. The molecule has 1 aromatic carbocycles. The number of anilines is 1. The van der Waals surface area contributed by atoms with E-state index in [0.717, 1.165) is 67.6 Å². The minimum Gasteiger partial charge on any atom is -0.357 e. The summed E-state index contributed by atoms with van der Waals surface area (Å²) in [5.41, 5.74) is 2.70. The van der Waals surface area contributed by atoms with Gasteiger partial charge in [0.2, 0.25) is 0 Å². The summed E-state index contributed by atoms with van der Waals surface area (Å²) in [6.07, 6.45) is 7.61. The molecule has 5 nitrogen and oxygen atoms in total. The molecule has 4 rings (SSSR count). The van der Waals surface area contributed by atoms with Gasteiger partial charge in [-0.15, -0.1) is 0 Å². The average molecular weight is 364 g/mol. The van der Waals surface area contributed by atoms with Crippen LogP contribution in [-0.4, -0.2) is 47.0 Å². The van der Waals surface area contributed by atoms with Crippen molar-refractivity contribution < 1.29 is 4.79 Å². The Kier molecular flexibility index (Phi) is 5.37. The zero-order valence-electron chi connectivity index (χ0n) is 16.1. The predicted molar refractivity (Wildman–Crippen MR) is 108 cm³/mol. The summed E-state index contributed by atoms with van der Waals surface area (Å²) in [6.45, 7) is 6.13. The van der Waals surface area contributed by atoms with E-state index in [4.69, 9.17) is 0 Å². The number of aromatic nitrogens is 2. The molecule has 2 fully saturated rings. The molecule has 2 aromatic rings. The fourth-order valence-corrected chi connectivity index (χ4v) is 3.98. The van der Waals surface area contributed by atoms with Crippen molar-refractivity contribution in [2.45, 2.75) is 39.0 Å². The van der Waals surface area contributed by atoms with E-state index in [1.807, 2.05) is 29.2 Å². The second-order valence-electron chi connectivity index (χ2n) is 7.86. The number of amides is 1. The molecule has 2 aliphatic heterocycles. The van der Waals surface area contributed by atoms with Crippen molar-refractivity contribution in [3.8, 4) is 11.3 Å². The van der Waals surface area contributed by atoms with Crippen molar-refractivity contribution in [3.63, 3.8) is 0 Å². The number of hydrogen-bond donors (Lipinski definition) is 0. The van der Waals surface area contributed by atoms with E-state index in [-0.39, 0.29) is 5.91 Å². The largest absolute Gasteiger partial charge is 0.357 e. The summed E-state index contributed by atoms with van der Waals surface area (Å²) in [5.74, 6) is 1.87. The average Bonchev–Trinajstić information content (AvgIpc) is 2.75. The smallest absolute Gasteiger partial charge is 0.253 e. The molecule has 0 saturated carbocycles. The van der Waals surface area contributed by atoms with Crippen molar-refractivity contribution >= 4 is 11.7 Å². The lowest BCUT2D eigenvalue weighted by molar-refractivity contribution is 0.0697. The summed E-state index contributed by atoms with van der Waals surface area (Å²) < 4.78 is 0. The number of nitrogens with zero attached hydrogens (tertiary/aromatic N) is 4. The van der Waals surface area contributed by atoms with Crippen LogP contribution in [0.2, 0.25) is 0 Å². The molecule has 1 amide bonds. The molecule has 0 unspecified atom stereocenters. The van der Waals surface area contributed by atoms with Gasteiger partial charge >= 0.3 is 0 Å². The van der Waals surface area contributed by atoms with Crippen LogP contribution in [0.15, 0.2) is 36.7 Å². The highest BCUT2D eigenvalue weighted by atomic mass is 16.2. The maximum atomic E-state index is 12.7. The maximum Gasteiger partial charge on any atom is 0.253 e. The molecule has 3 heterocycles. The van der Waals surface area contributed by atoms with Gasteiger partial charge in [-0.1, -0.05) is 19.1 Å². The van der Waals surface area contributed by atoms with Gasteiger partial charge in [0.05, 0.1) is 5.69 Å². The van der Waals surface area contributed by atoms with E-state index < -0.39 is 0 Å². The van der Waals surface area contributed by atoms with E-state index in [1.165, 1.54) is 19.3 Å². The van der Waals surface area contributed by atoms with Crippen molar-refractivity contribution in [1.29, 1.82) is 0 Å². The lowest BCUT2D eigenvalue weighted by Crippen LogP contribution is -2.37. The number of hydrogen-bond acceptors (Lipinski definition) is 4. The first-order valence-corrected chi connectivity index (χ1v) is 10.2. The molecule has 1 aromatic heterocycles. The Morgan fingerprint density at radius 2 is 1.67 bits per heavy atom. The third kappa shape index (κ3) is 4.12. The van der Waals surface area contributed by atoms with Crippen LogP contribution in [0.4, 0.5) is 5.82 Å². The summed E-state index contributed by atoms with van der Waals surface area (Å²) in [5, 5.41) is 0. The number of carbonyl (C=O) groups excluding carboxylic acids is 1. The zero-order chi connectivity index (χ0) is 18.6. The van der Waals surface area contributed by atoms with Gasteiger partial charge in [0.25, 0.3) is 5.91 Å². The molecule has 2 aliphatic rings. The Morgan fingerprint density at radius 3 is 2.37 bits per heavy atom. The van der Waals surface area contributed by atoms with Gasteiger partial charge < -0.3 is 9.80 Å². The fraction of sp³-hybridized carbons (Fsp3) is 0.500. The number of likely N-dealkylation sites (tertiary alicyclic amines) is 1. The Bertz CT molecular complexity index is 775. The Labute approximate surface area is 161 Å². The molecule has 0 aliphatic carbocycles. The highest BCUT2D eigenvalue weighted by molar-refractivity contribution is 5.94. The number of rotatable bonds is 3. The number of benzene rings is 1. The van der Waals surface area contributed by atoms with Crippen LogP contribution in [0.3, 0.4) is 0 Å². The molecule has 0 bridgehead atoms. The molecule has 0 radical (unpaired) electrons. The van der Waals surface area contributed by atoms with Crippen LogP contribution in [0, 0.1) is 5.92 Å². The first kappa shape index (κ1) is 18.0. The molecule has 0 spiro atoms. The van der Waals surface area contributed by atoms with Crippen molar-refractivity contribution in [2.24, 2.45) is 5.92 Å². The summed E-state index contributed by atoms with van der Waals surface area (Å²) in [6, 6.07) is 9.93. The van der Waals surface area contributed by atoms with Crippen LogP contribution in [0.25, 0.3) is 11.3 Å². The van der Waals surface area contributed by atoms with Gasteiger partial charge in [0.15, 0.2) is 0 Å². The molecular weight excluding hydrogens is 336 g/mol. The Balaban J connectivity index is 1.48. The van der Waals surface area contributed by atoms with Crippen LogP contribution >= 0.6 is 0 Å². The highest BCUT2D eigenvalue weighted by Crippen LogP contribution is 2.24. The van der Waals surface area contributed by atoms with Crippen LogP contribution in [0.5, 0.6) is 0 Å². The van der Waals surface area contributed by atoms with Gasteiger partial charge in [-0.2, -0.15) is 0 Å². The molecule has 5 heteroatoms. The van der Waals surface area contributed by atoms with Crippen molar-refractivity contribution in [3.05, 3.63) is 42.2 Å². The minimum absolute atomic E-state index is 0.144. The lowest BCUT2D eigenvalue weighted by atomic mass is 9.98. The van der Waals surface area contributed by atoms with E-state index in [9.17, 15) is 4.79 Å². The molecule has 142 valence electrons. The lowest BCUT2D eigenvalue weighted by Gasteiger charge is -2.30. The van der Waals surface area contributed by atoms with Crippen LogP contribution in [0.1, 0.15) is 49.4 Å². The van der Waals surface area contributed by atoms with Gasteiger partial charge in [-0.05, 0) is 50.2 Å². The Morgan fingerprint density at radius 1 is 0.963 bits per heavy atom. The van der Waals surface area contributed by atoms with Crippen LogP contribution < -0.4 is 4.90 Å². The van der Waals surface area contributed by atoms with Crippen molar-refractivity contribution in [1.82, 2.24) is 14.9 Å². The summed E-state index contributed by atoms with van der Waals surface area (Å²) >= 11 is 0. The summed E-state index contributed by atoms with van der Waals surface area (Å²) in [7, 11) is 0. The first-order chi connectivity index (χ1) is 13.2. The standard InChI is InChI=1S/C22H28N4O/c1-17-9-13-26(14-10-17)22(27)19-7-5-18(6-8-19)20-15-21(24-16-23-20)25-11-3-2-4-12-25/h5-8,15-17H,2-4,9-14H2,1H3. The quantitative estimate of drug-likeness (QED) is 0.826. The third-order valence-corrected chi connectivity index (χ3v) is 5.83. The minimum atomic E-state index is 0.144. The van der Waals surface area contributed by atoms with Gasteiger partial charge in [0.1, 0.15) is 12.1 Å². The molecule has 27 heavy (non-hydrogen) atoms. The van der Waals surface area contributed by atoms with E-state index in [2.05, 4.69) is 27.9 Å². The van der Waals surface area contributed by atoms with Gasteiger partial charge in [-0.25, -0.2) is 9.97 Å². The second kappa shape index (κ2) is 8.07. The maximum absolute atomic E-state index is 12.7. The number of carbonyl (C=O) groups is 1. The topological polar surface area (TPSA) is 49.3 Å². The fourth-order valence-electron chi connectivity index (χ4n) is 3.98. The van der Waals surface area contributed by atoms with E-state index in [1.54, 1.807) is 6.33 Å². The first-order valence-electron chi connectivity index (χ1n) is 10.2. The normalized spacial score (nSPS) is 18.6. The second-order valence-corrected chi connectivity index (χ2v) is 7.86. The molecule has 2 saturated heterocycles.